The topological polar surface area (TPSA) is 43.1 Å². The van der Waals surface area contributed by atoms with Crippen LogP contribution in [0.3, 0.4) is 0 Å². The monoisotopic (exact) mass is 199 g/mol. The molecule has 1 unspecified atom stereocenters. The largest absolute Gasteiger partial charge is 0.330 e. The van der Waals surface area contributed by atoms with Gasteiger partial charge in [0.1, 0.15) is 5.78 Å². The van der Waals surface area contributed by atoms with Gasteiger partial charge < -0.3 is 5.73 Å². The Hall–Kier alpha value is -0.370. The summed E-state index contributed by atoms with van der Waals surface area (Å²) in [5.74, 6) is 1.38. The van der Waals surface area contributed by atoms with Crippen LogP contribution in [-0.2, 0) is 4.79 Å². The van der Waals surface area contributed by atoms with Crippen molar-refractivity contribution >= 4 is 5.78 Å². The minimum atomic E-state index is 0.399. The highest BCUT2D eigenvalue weighted by Gasteiger charge is 2.14. The van der Waals surface area contributed by atoms with E-state index >= 15 is 0 Å². The van der Waals surface area contributed by atoms with Crippen molar-refractivity contribution in [3.63, 3.8) is 0 Å². The van der Waals surface area contributed by atoms with Crippen molar-refractivity contribution in [2.75, 3.05) is 6.54 Å². The van der Waals surface area contributed by atoms with Crippen LogP contribution in [0.1, 0.15) is 52.9 Å². The van der Waals surface area contributed by atoms with Gasteiger partial charge in [-0.1, -0.05) is 40.0 Å². The van der Waals surface area contributed by atoms with Crippen molar-refractivity contribution < 1.29 is 4.79 Å². The normalized spacial score (nSPS) is 13.2. The summed E-state index contributed by atoms with van der Waals surface area (Å²) < 4.78 is 0. The lowest BCUT2D eigenvalue weighted by Crippen LogP contribution is -2.18. The van der Waals surface area contributed by atoms with Crippen molar-refractivity contribution in [1.29, 1.82) is 0 Å². The number of ketones is 1. The maximum Gasteiger partial charge on any atom is 0.133 e. The summed E-state index contributed by atoms with van der Waals surface area (Å²) in [4.78, 5) is 11.6. The molecule has 0 aromatic carbocycles. The molecule has 14 heavy (non-hydrogen) atoms. The molecule has 84 valence electrons. The van der Waals surface area contributed by atoms with Crippen LogP contribution in [0.15, 0.2) is 0 Å². The van der Waals surface area contributed by atoms with E-state index in [1.807, 2.05) is 0 Å². The molecule has 0 fully saturated rings. The fraction of sp³-hybridized carbons (Fsp3) is 0.917. The molecule has 2 nitrogen and oxygen atoms in total. The molecule has 2 N–H and O–H groups in total. The first-order valence-corrected chi connectivity index (χ1v) is 5.89. The van der Waals surface area contributed by atoms with Gasteiger partial charge in [0.25, 0.3) is 0 Å². The van der Waals surface area contributed by atoms with Crippen molar-refractivity contribution in [2.24, 2.45) is 17.6 Å². The van der Waals surface area contributed by atoms with Crippen molar-refractivity contribution in [2.45, 2.75) is 52.9 Å². The van der Waals surface area contributed by atoms with Crippen LogP contribution in [0, 0.1) is 11.8 Å². The van der Waals surface area contributed by atoms with Gasteiger partial charge in [0.05, 0.1) is 0 Å². The van der Waals surface area contributed by atoms with Gasteiger partial charge in [-0.3, -0.25) is 4.79 Å². The molecule has 0 aromatic rings. The average molecular weight is 199 g/mol. The van der Waals surface area contributed by atoms with Crippen LogP contribution >= 0.6 is 0 Å². The molecular formula is C12H25NO. The van der Waals surface area contributed by atoms with Crippen LogP contribution in [0.5, 0.6) is 0 Å². The summed E-state index contributed by atoms with van der Waals surface area (Å²) in [5.41, 5.74) is 5.58. The van der Waals surface area contributed by atoms with Crippen molar-refractivity contribution in [3.05, 3.63) is 0 Å². The number of carbonyl (C=O) groups is 1. The van der Waals surface area contributed by atoms with Gasteiger partial charge in [-0.2, -0.15) is 0 Å². The Kier molecular flexibility index (Phi) is 7.77. The molecule has 0 rings (SSSR count). The third kappa shape index (κ3) is 5.38. The smallest absolute Gasteiger partial charge is 0.133 e. The van der Waals surface area contributed by atoms with Gasteiger partial charge >= 0.3 is 0 Å². The highest BCUT2D eigenvalue weighted by atomic mass is 16.1. The van der Waals surface area contributed by atoms with Crippen molar-refractivity contribution in [1.82, 2.24) is 0 Å². The highest BCUT2D eigenvalue weighted by molar-refractivity contribution is 5.78. The van der Waals surface area contributed by atoms with E-state index in [-0.39, 0.29) is 0 Å². The second-order valence-electron chi connectivity index (χ2n) is 4.14. The summed E-state index contributed by atoms with van der Waals surface area (Å²) in [7, 11) is 0. The zero-order chi connectivity index (χ0) is 11.0. The van der Waals surface area contributed by atoms with Crippen LogP contribution < -0.4 is 5.73 Å². The predicted molar refractivity (Wildman–Crippen MR) is 61.1 cm³/mol. The van der Waals surface area contributed by atoms with E-state index in [0.29, 0.717) is 30.6 Å². The summed E-state index contributed by atoms with van der Waals surface area (Å²) in [5, 5.41) is 0. The minimum absolute atomic E-state index is 0.399. The van der Waals surface area contributed by atoms with Gasteiger partial charge in [-0.15, -0.1) is 0 Å². The van der Waals surface area contributed by atoms with E-state index < -0.39 is 0 Å². The zero-order valence-corrected chi connectivity index (χ0v) is 9.88. The third-order valence-electron chi connectivity index (χ3n) is 3.10. The Labute approximate surface area is 88.3 Å². The first-order chi connectivity index (χ1) is 6.67. The number of rotatable bonds is 8. The average Bonchev–Trinajstić information content (AvgIpc) is 2.22. The van der Waals surface area contributed by atoms with Crippen LogP contribution in [0.4, 0.5) is 0 Å². The molecule has 0 heterocycles. The van der Waals surface area contributed by atoms with E-state index in [4.69, 9.17) is 5.73 Å². The zero-order valence-electron chi connectivity index (χ0n) is 9.88. The number of Topliss-reactive ketones (excluding diaryl/α,β-unsaturated/α-hetero) is 1. The van der Waals surface area contributed by atoms with Crippen LogP contribution in [0.2, 0.25) is 0 Å². The number of hydrogen-bond acceptors (Lipinski definition) is 2. The summed E-state index contributed by atoms with van der Waals surface area (Å²) in [6, 6.07) is 0. The lowest BCUT2D eigenvalue weighted by molar-refractivity contribution is -0.120. The molecular weight excluding hydrogens is 174 g/mol. The van der Waals surface area contributed by atoms with Crippen LogP contribution in [0.25, 0.3) is 0 Å². The van der Waals surface area contributed by atoms with E-state index in [1.54, 1.807) is 0 Å². The molecule has 0 spiro atoms. The maximum atomic E-state index is 11.6. The minimum Gasteiger partial charge on any atom is -0.330 e. The summed E-state index contributed by atoms with van der Waals surface area (Å²) in [6.07, 6.45) is 4.68. The number of carbonyl (C=O) groups excluding carboxylic acids is 1. The summed E-state index contributed by atoms with van der Waals surface area (Å²) >= 11 is 0. The first kappa shape index (κ1) is 13.6. The number of hydrogen-bond donors (Lipinski definition) is 1. The Morgan fingerprint density at radius 1 is 1.00 bits per heavy atom. The van der Waals surface area contributed by atoms with E-state index in [2.05, 4.69) is 20.8 Å². The van der Waals surface area contributed by atoms with Gasteiger partial charge in [0.15, 0.2) is 0 Å². The van der Waals surface area contributed by atoms with Gasteiger partial charge in [-0.25, -0.2) is 0 Å². The molecule has 0 aromatic heterocycles. The molecule has 0 aliphatic heterocycles. The van der Waals surface area contributed by atoms with Crippen LogP contribution in [-0.4, -0.2) is 12.3 Å². The third-order valence-corrected chi connectivity index (χ3v) is 3.10. The van der Waals surface area contributed by atoms with Gasteiger partial charge in [0.2, 0.25) is 0 Å². The van der Waals surface area contributed by atoms with E-state index in [0.717, 1.165) is 25.7 Å². The second kappa shape index (κ2) is 7.98. The highest BCUT2D eigenvalue weighted by Crippen LogP contribution is 2.16. The molecule has 0 amide bonds. The first-order valence-electron chi connectivity index (χ1n) is 5.89. The molecule has 0 bridgehead atoms. The fourth-order valence-electron chi connectivity index (χ4n) is 1.70. The fourth-order valence-corrected chi connectivity index (χ4v) is 1.70. The molecule has 1 atom stereocenters. The quantitative estimate of drug-likeness (QED) is 0.653. The predicted octanol–water partition coefficient (Wildman–Crippen LogP) is 2.76. The van der Waals surface area contributed by atoms with E-state index in [9.17, 15) is 4.79 Å². The maximum absolute atomic E-state index is 11.6. The summed E-state index contributed by atoms with van der Waals surface area (Å²) in [6.45, 7) is 7.05. The molecule has 0 saturated carbocycles. The molecule has 0 saturated heterocycles. The van der Waals surface area contributed by atoms with Gasteiger partial charge in [-0.05, 0) is 18.4 Å². The van der Waals surface area contributed by atoms with E-state index in [1.165, 1.54) is 0 Å². The standard InChI is InChI=1S/C12H25NO/c1-4-10(5-2)7-12(14)8-11(6-3)9-13/h10-11H,4-9,13H2,1-3H3. The molecule has 0 aliphatic rings. The number of nitrogens with two attached hydrogens (primary N) is 1. The Bertz CT molecular complexity index is 132. The Morgan fingerprint density at radius 3 is 1.79 bits per heavy atom. The molecule has 0 radical (unpaired) electrons. The molecule has 0 aliphatic carbocycles. The SMILES string of the molecule is CCC(CC)CC(=O)CC(CC)CN. The Balaban J connectivity index is 3.83. The second-order valence-corrected chi connectivity index (χ2v) is 4.14. The van der Waals surface area contributed by atoms with Gasteiger partial charge in [0, 0.05) is 12.8 Å². The Morgan fingerprint density at radius 2 is 1.43 bits per heavy atom. The lowest BCUT2D eigenvalue weighted by Gasteiger charge is -2.14. The van der Waals surface area contributed by atoms with Crippen molar-refractivity contribution in [3.8, 4) is 0 Å². The molecule has 2 heteroatoms. The lowest BCUT2D eigenvalue weighted by atomic mass is 9.91.